The average Bonchev–Trinajstić information content (AvgIpc) is 4.05. The Balaban J connectivity index is 1.12. The van der Waals surface area contributed by atoms with Gasteiger partial charge in [0, 0.05) is 32.8 Å². The predicted molar refractivity (Wildman–Crippen MR) is 246 cm³/mol. The molecule has 1 unspecified atom stereocenters. The van der Waals surface area contributed by atoms with Crippen LogP contribution in [0.4, 0.5) is 0 Å². The van der Waals surface area contributed by atoms with E-state index in [1.807, 2.05) is 0 Å². The maximum absolute atomic E-state index is 5.51. The standard InChI is InChI=1S/C52H33N7Si/c1-2-18-35(19-3-1)60(48-32-15-14-31-47(48)59-46-30-13-8-25-41(46)53-52(59)60)36-20-16-17-34(33-36)49-54-50(57-42-26-9-4-21-37(42)38-22-5-10-27-43(38)57)56-51(55-49)58-44-28-11-6-23-39(44)40-24-7-12-29-45(40)58/h1-33H. The fourth-order valence-corrected chi connectivity index (χ4v) is 14.8. The number of para-hydroxylation sites is 7. The quantitative estimate of drug-likeness (QED) is 0.164. The first-order valence-corrected chi connectivity index (χ1v) is 22.2. The summed E-state index contributed by atoms with van der Waals surface area (Å²) in [6.07, 6.45) is 0. The van der Waals surface area contributed by atoms with Gasteiger partial charge < -0.3 is 0 Å². The normalized spacial score (nSPS) is 14.7. The molecule has 60 heavy (non-hydrogen) atoms. The fraction of sp³-hybridized carbons (Fsp3) is 0. The van der Waals surface area contributed by atoms with Crippen molar-refractivity contribution in [1.29, 1.82) is 0 Å². The smallest absolute Gasteiger partial charge is 0.240 e. The van der Waals surface area contributed by atoms with Crippen LogP contribution in [0.2, 0.25) is 0 Å². The number of imidazole rings is 1. The minimum absolute atomic E-state index is 0.558. The minimum Gasteiger partial charge on any atom is -0.299 e. The second-order valence-corrected chi connectivity index (χ2v) is 19.1. The Kier molecular flexibility index (Phi) is 6.90. The van der Waals surface area contributed by atoms with Gasteiger partial charge in [-0.25, -0.2) is 4.98 Å². The fourth-order valence-electron chi connectivity index (χ4n) is 9.90. The van der Waals surface area contributed by atoms with Gasteiger partial charge in [-0.3, -0.25) is 13.7 Å². The summed E-state index contributed by atoms with van der Waals surface area (Å²) >= 11 is 0. The van der Waals surface area contributed by atoms with Crippen LogP contribution in [0.3, 0.4) is 0 Å². The van der Waals surface area contributed by atoms with Gasteiger partial charge in [0.15, 0.2) is 5.82 Å². The topological polar surface area (TPSA) is 66.3 Å². The highest BCUT2D eigenvalue weighted by molar-refractivity contribution is 7.20. The van der Waals surface area contributed by atoms with Crippen LogP contribution in [-0.2, 0) is 0 Å². The highest BCUT2D eigenvalue weighted by atomic mass is 28.3. The molecule has 12 aromatic rings. The van der Waals surface area contributed by atoms with Crippen molar-refractivity contribution in [2.45, 2.75) is 0 Å². The van der Waals surface area contributed by atoms with E-state index in [1.54, 1.807) is 0 Å². The molecule has 13 rings (SSSR count). The Morgan fingerprint density at radius 2 is 0.833 bits per heavy atom. The van der Waals surface area contributed by atoms with Crippen LogP contribution < -0.4 is 21.0 Å². The van der Waals surface area contributed by atoms with Crippen LogP contribution >= 0.6 is 0 Å². The van der Waals surface area contributed by atoms with Gasteiger partial charge >= 0.3 is 0 Å². The van der Waals surface area contributed by atoms with E-state index in [0.29, 0.717) is 17.7 Å². The number of nitrogens with zero attached hydrogens (tertiary/aromatic N) is 7. The summed E-state index contributed by atoms with van der Waals surface area (Å²) in [5, 5.41) is 8.39. The van der Waals surface area contributed by atoms with E-state index in [1.165, 1.54) is 21.2 Å². The molecule has 1 atom stereocenters. The zero-order valence-corrected chi connectivity index (χ0v) is 33.2. The monoisotopic (exact) mass is 783 g/mol. The molecular formula is C52H33N7Si. The number of rotatable bonds is 5. The van der Waals surface area contributed by atoms with Gasteiger partial charge in [-0.05, 0) is 58.0 Å². The lowest BCUT2D eigenvalue weighted by atomic mass is 10.2. The SMILES string of the molecule is c1ccc([Si]2(c3cccc(-c4nc(-n5c6ccccc6c6ccccc65)nc(-n5c6ccccc6c6ccccc65)n4)c3)c3ccccc3-n3c2nc2ccccc23)cc1. The zero-order chi connectivity index (χ0) is 39.4. The molecule has 0 aliphatic carbocycles. The Bertz CT molecular complexity index is 3460. The number of benzene rings is 8. The maximum atomic E-state index is 5.51. The summed E-state index contributed by atoms with van der Waals surface area (Å²) in [5.41, 5.74) is 9.45. The summed E-state index contributed by atoms with van der Waals surface area (Å²) < 4.78 is 6.78. The van der Waals surface area contributed by atoms with Crippen LogP contribution in [-0.4, -0.2) is 41.7 Å². The molecule has 0 saturated heterocycles. The van der Waals surface area contributed by atoms with Gasteiger partial charge in [0.25, 0.3) is 0 Å². The van der Waals surface area contributed by atoms with Crippen molar-refractivity contribution < 1.29 is 0 Å². The highest BCUT2D eigenvalue weighted by Crippen LogP contribution is 2.35. The van der Waals surface area contributed by atoms with Crippen LogP contribution in [0.5, 0.6) is 0 Å². The molecule has 4 aromatic heterocycles. The van der Waals surface area contributed by atoms with E-state index in [0.717, 1.165) is 65.7 Å². The molecular weight excluding hydrogens is 751 g/mol. The summed E-state index contributed by atoms with van der Waals surface area (Å²) in [4.78, 5) is 21.7. The zero-order valence-electron chi connectivity index (χ0n) is 32.2. The molecule has 8 heteroatoms. The summed E-state index contributed by atoms with van der Waals surface area (Å²) in [5.74, 6) is 1.71. The predicted octanol–water partition coefficient (Wildman–Crippen LogP) is 8.76. The molecule has 0 bridgehead atoms. The third-order valence-electron chi connectivity index (χ3n) is 12.4. The Labute approximate surface area is 345 Å². The molecule has 0 amide bonds. The van der Waals surface area contributed by atoms with Crippen molar-refractivity contribution in [3.05, 3.63) is 200 Å². The van der Waals surface area contributed by atoms with Crippen LogP contribution in [0, 0.1) is 0 Å². The van der Waals surface area contributed by atoms with Crippen molar-refractivity contribution in [1.82, 2.24) is 33.6 Å². The number of fused-ring (bicyclic) bond motifs is 11. The molecule has 280 valence electrons. The van der Waals surface area contributed by atoms with Crippen LogP contribution in [0.25, 0.3) is 83.6 Å². The van der Waals surface area contributed by atoms with Crippen molar-refractivity contribution in [3.8, 4) is 29.0 Å². The van der Waals surface area contributed by atoms with Crippen molar-refractivity contribution >= 4 is 83.7 Å². The molecule has 0 spiro atoms. The van der Waals surface area contributed by atoms with Gasteiger partial charge in [-0.2, -0.15) is 15.0 Å². The van der Waals surface area contributed by atoms with E-state index in [2.05, 4.69) is 214 Å². The van der Waals surface area contributed by atoms with Gasteiger partial charge in [0.2, 0.25) is 20.0 Å². The van der Waals surface area contributed by atoms with Gasteiger partial charge in [0.1, 0.15) is 5.45 Å². The van der Waals surface area contributed by atoms with Gasteiger partial charge in [-0.15, -0.1) is 0 Å². The molecule has 5 heterocycles. The molecule has 7 nitrogen and oxygen atoms in total. The van der Waals surface area contributed by atoms with Crippen molar-refractivity contribution in [2.24, 2.45) is 0 Å². The molecule has 1 aliphatic heterocycles. The third-order valence-corrected chi connectivity index (χ3v) is 17.0. The molecule has 0 fully saturated rings. The number of aromatic nitrogens is 7. The summed E-state index contributed by atoms with van der Waals surface area (Å²) in [6.45, 7) is 0. The second-order valence-electron chi connectivity index (χ2n) is 15.5. The van der Waals surface area contributed by atoms with Crippen molar-refractivity contribution in [3.63, 3.8) is 0 Å². The number of hydrogen-bond acceptors (Lipinski definition) is 4. The first kappa shape index (κ1) is 33.1. The van der Waals surface area contributed by atoms with E-state index < -0.39 is 8.07 Å². The molecule has 0 radical (unpaired) electrons. The highest BCUT2D eigenvalue weighted by Gasteiger charge is 2.52. The molecule has 8 aromatic carbocycles. The van der Waals surface area contributed by atoms with E-state index in [4.69, 9.17) is 19.9 Å². The van der Waals surface area contributed by atoms with E-state index in [-0.39, 0.29) is 0 Å². The third kappa shape index (κ3) is 4.48. The van der Waals surface area contributed by atoms with Crippen molar-refractivity contribution in [2.75, 3.05) is 0 Å². The lowest BCUT2D eigenvalue weighted by Gasteiger charge is -2.28. The van der Waals surface area contributed by atoms with Crippen LogP contribution in [0.1, 0.15) is 0 Å². The van der Waals surface area contributed by atoms with E-state index in [9.17, 15) is 0 Å². The lowest BCUT2D eigenvalue weighted by Crippen LogP contribution is -2.73. The largest absolute Gasteiger partial charge is 0.299 e. The molecule has 0 saturated carbocycles. The molecule has 0 N–H and O–H groups in total. The Morgan fingerprint density at radius 1 is 0.350 bits per heavy atom. The lowest BCUT2D eigenvalue weighted by molar-refractivity contribution is 0.893. The first-order valence-electron chi connectivity index (χ1n) is 20.2. The van der Waals surface area contributed by atoms with Gasteiger partial charge in [0.05, 0.1) is 33.1 Å². The summed E-state index contributed by atoms with van der Waals surface area (Å²) in [7, 11) is -2.98. The van der Waals surface area contributed by atoms with E-state index >= 15 is 0 Å². The molecule has 1 aliphatic rings. The second kappa shape index (κ2) is 12.5. The summed E-state index contributed by atoms with van der Waals surface area (Å²) in [6, 6.07) is 71.3. The minimum atomic E-state index is -2.98. The maximum Gasteiger partial charge on any atom is 0.240 e. The van der Waals surface area contributed by atoms with Crippen LogP contribution in [0.15, 0.2) is 200 Å². The first-order chi connectivity index (χ1) is 29.8. The Hall–Kier alpha value is -7.94. The average molecular weight is 784 g/mol. The number of hydrogen-bond donors (Lipinski definition) is 0. The van der Waals surface area contributed by atoms with Gasteiger partial charge in [-0.1, -0.05) is 158 Å². The Morgan fingerprint density at radius 3 is 1.43 bits per heavy atom.